The van der Waals surface area contributed by atoms with Gasteiger partial charge in [0.05, 0.1) is 11.1 Å². The first-order valence-corrected chi connectivity index (χ1v) is 8.77. The summed E-state index contributed by atoms with van der Waals surface area (Å²) in [5.41, 5.74) is -1.32. The van der Waals surface area contributed by atoms with E-state index in [0.717, 1.165) is 6.07 Å². The molecule has 2 aromatic rings. The zero-order valence-electron chi connectivity index (χ0n) is 15.0. The highest BCUT2D eigenvalue weighted by Crippen LogP contribution is 2.32. The monoisotopic (exact) mass is 392 g/mol. The third kappa shape index (κ3) is 4.62. The molecular weight excluding hydrogens is 373 g/mol. The first-order chi connectivity index (χ1) is 13.4. The summed E-state index contributed by atoms with van der Waals surface area (Å²) in [5, 5.41) is 0. The van der Waals surface area contributed by atoms with E-state index in [2.05, 4.69) is 0 Å². The lowest BCUT2D eigenvalue weighted by atomic mass is 10.1. The van der Waals surface area contributed by atoms with Crippen molar-refractivity contribution >= 4 is 11.8 Å². The van der Waals surface area contributed by atoms with E-state index in [1.807, 2.05) is 6.07 Å². The van der Waals surface area contributed by atoms with Crippen LogP contribution in [0.2, 0.25) is 0 Å². The number of benzene rings is 2. The standard InChI is InChI=1S/C20H19F3N2O3/c21-20(22,23)17-9-5-4-8-16(17)19(27)25-12-10-24(11-13-25)18(26)14-28-15-6-2-1-3-7-15/h1-9H,10-14H2. The number of carbonyl (C=O) groups is 2. The molecule has 1 aliphatic rings. The molecule has 0 N–H and O–H groups in total. The van der Waals surface area contributed by atoms with Gasteiger partial charge in [-0.2, -0.15) is 13.2 Å². The van der Waals surface area contributed by atoms with Crippen LogP contribution in [0.4, 0.5) is 13.2 Å². The van der Waals surface area contributed by atoms with Gasteiger partial charge in [-0.25, -0.2) is 0 Å². The van der Waals surface area contributed by atoms with Gasteiger partial charge in [0.2, 0.25) is 0 Å². The maximum absolute atomic E-state index is 13.1. The van der Waals surface area contributed by atoms with Gasteiger partial charge in [-0.15, -0.1) is 0 Å². The maximum atomic E-state index is 13.1. The van der Waals surface area contributed by atoms with Crippen LogP contribution in [-0.4, -0.2) is 54.4 Å². The minimum absolute atomic E-state index is 0.130. The molecule has 0 aromatic heterocycles. The van der Waals surface area contributed by atoms with Gasteiger partial charge in [0.15, 0.2) is 6.61 Å². The molecule has 0 atom stereocenters. The van der Waals surface area contributed by atoms with Crippen molar-refractivity contribution in [2.75, 3.05) is 32.8 Å². The van der Waals surface area contributed by atoms with Gasteiger partial charge in [0.1, 0.15) is 5.75 Å². The van der Waals surface area contributed by atoms with Crippen molar-refractivity contribution < 1.29 is 27.5 Å². The molecule has 1 saturated heterocycles. The summed E-state index contributed by atoms with van der Waals surface area (Å²) < 4.78 is 44.8. The lowest BCUT2D eigenvalue weighted by molar-refractivity contribution is -0.138. The maximum Gasteiger partial charge on any atom is 0.417 e. The largest absolute Gasteiger partial charge is 0.484 e. The van der Waals surface area contributed by atoms with Crippen molar-refractivity contribution in [2.45, 2.75) is 6.18 Å². The Hall–Kier alpha value is -3.03. The number of para-hydroxylation sites is 1. The average molecular weight is 392 g/mol. The lowest BCUT2D eigenvalue weighted by Crippen LogP contribution is -2.51. The molecule has 0 bridgehead atoms. The van der Waals surface area contributed by atoms with Gasteiger partial charge in [0.25, 0.3) is 11.8 Å². The van der Waals surface area contributed by atoms with Crippen LogP contribution in [0.25, 0.3) is 0 Å². The first kappa shape index (κ1) is 19.7. The predicted octanol–water partition coefficient (Wildman–Crippen LogP) is 3.07. The summed E-state index contributed by atoms with van der Waals surface area (Å²) in [7, 11) is 0. The van der Waals surface area contributed by atoms with Crippen LogP contribution < -0.4 is 4.74 Å². The van der Waals surface area contributed by atoms with E-state index >= 15 is 0 Å². The number of hydrogen-bond acceptors (Lipinski definition) is 3. The Morgan fingerprint density at radius 3 is 2.07 bits per heavy atom. The highest BCUT2D eigenvalue weighted by molar-refractivity contribution is 5.96. The fraction of sp³-hybridized carbons (Fsp3) is 0.300. The Balaban J connectivity index is 1.57. The van der Waals surface area contributed by atoms with Gasteiger partial charge in [-0.3, -0.25) is 9.59 Å². The van der Waals surface area contributed by atoms with Crippen LogP contribution in [0, 0.1) is 0 Å². The molecule has 0 saturated carbocycles. The van der Waals surface area contributed by atoms with Gasteiger partial charge in [0, 0.05) is 26.2 Å². The molecule has 0 unspecified atom stereocenters. The molecule has 3 rings (SSSR count). The Labute approximate surface area is 160 Å². The van der Waals surface area contributed by atoms with E-state index in [1.165, 1.54) is 23.1 Å². The van der Waals surface area contributed by atoms with Crippen LogP contribution >= 0.6 is 0 Å². The SMILES string of the molecule is O=C(COc1ccccc1)N1CCN(C(=O)c2ccccc2C(F)(F)F)CC1. The summed E-state index contributed by atoms with van der Waals surface area (Å²) in [6, 6.07) is 13.6. The van der Waals surface area contributed by atoms with E-state index in [0.29, 0.717) is 5.75 Å². The van der Waals surface area contributed by atoms with Crippen molar-refractivity contribution in [2.24, 2.45) is 0 Å². The second-order valence-electron chi connectivity index (χ2n) is 6.32. The summed E-state index contributed by atoms with van der Waals surface area (Å²) >= 11 is 0. The highest BCUT2D eigenvalue weighted by atomic mass is 19.4. The summed E-state index contributed by atoms with van der Waals surface area (Å²) in [6.07, 6.45) is -4.60. The number of alkyl halides is 3. The lowest BCUT2D eigenvalue weighted by Gasteiger charge is -2.35. The molecule has 5 nitrogen and oxygen atoms in total. The highest BCUT2D eigenvalue weighted by Gasteiger charge is 2.36. The van der Waals surface area contributed by atoms with Crippen LogP contribution in [0.5, 0.6) is 5.75 Å². The quantitative estimate of drug-likeness (QED) is 0.804. The number of nitrogens with zero attached hydrogens (tertiary/aromatic N) is 2. The molecule has 8 heteroatoms. The minimum Gasteiger partial charge on any atom is -0.484 e. The fourth-order valence-corrected chi connectivity index (χ4v) is 3.00. The van der Waals surface area contributed by atoms with Gasteiger partial charge >= 0.3 is 6.18 Å². The fourth-order valence-electron chi connectivity index (χ4n) is 3.00. The summed E-state index contributed by atoms with van der Waals surface area (Å²) in [4.78, 5) is 27.7. The van der Waals surface area contributed by atoms with Gasteiger partial charge in [-0.05, 0) is 24.3 Å². The third-order valence-corrected chi connectivity index (χ3v) is 4.49. The normalized spacial score (nSPS) is 14.7. The van der Waals surface area contributed by atoms with E-state index in [-0.39, 0.29) is 44.3 Å². The Kier molecular flexibility index (Phi) is 5.87. The second-order valence-corrected chi connectivity index (χ2v) is 6.32. The molecule has 1 fully saturated rings. The predicted molar refractivity (Wildman–Crippen MR) is 95.9 cm³/mol. The molecular formula is C20H19F3N2O3. The van der Waals surface area contributed by atoms with E-state index < -0.39 is 17.6 Å². The zero-order chi connectivity index (χ0) is 20.1. The molecule has 0 radical (unpaired) electrons. The van der Waals surface area contributed by atoms with E-state index in [4.69, 9.17) is 4.74 Å². The summed E-state index contributed by atoms with van der Waals surface area (Å²) in [5.74, 6) is -0.333. The molecule has 28 heavy (non-hydrogen) atoms. The number of rotatable bonds is 4. The van der Waals surface area contributed by atoms with Crippen LogP contribution in [0.1, 0.15) is 15.9 Å². The van der Waals surface area contributed by atoms with Crippen LogP contribution in [0.3, 0.4) is 0 Å². The van der Waals surface area contributed by atoms with Crippen LogP contribution in [-0.2, 0) is 11.0 Å². The molecule has 0 aliphatic carbocycles. The topological polar surface area (TPSA) is 49.9 Å². The van der Waals surface area contributed by atoms with Crippen molar-refractivity contribution in [3.8, 4) is 5.75 Å². The molecule has 0 spiro atoms. The van der Waals surface area contributed by atoms with E-state index in [1.54, 1.807) is 29.2 Å². The zero-order valence-corrected chi connectivity index (χ0v) is 15.0. The third-order valence-electron chi connectivity index (χ3n) is 4.49. The van der Waals surface area contributed by atoms with Crippen molar-refractivity contribution in [1.29, 1.82) is 0 Å². The van der Waals surface area contributed by atoms with E-state index in [9.17, 15) is 22.8 Å². The number of ether oxygens (including phenoxy) is 1. The number of piperazine rings is 1. The molecule has 2 aromatic carbocycles. The molecule has 1 heterocycles. The molecule has 1 aliphatic heterocycles. The van der Waals surface area contributed by atoms with Crippen molar-refractivity contribution in [3.63, 3.8) is 0 Å². The number of halogens is 3. The van der Waals surface area contributed by atoms with Gasteiger partial charge in [-0.1, -0.05) is 30.3 Å². The minimum atomic E-state index is -4.60. The second kappa shape index (κ2) is 8.33. The Morgan fingerprint density at radius 2 is 1.43 bits per heavy atom. The number of carbonyl (C=O) groups excluding carboxylic acids is 2. The van der Waals surface area contributed by atoms with Gasteiger partial charge < -0.3 is 14.5 Å². The average Bonchev–Trinajstić information content (AvgIpc) is 2.72. The van der Waals surface area contributed by atoms with Crippen molar-refractivity contribution in [3.05, 3.63) is 65.7 Å². The van der Waals surface area contributed by atoms with Crippen molar-refractivity contribution in [1.82, 2.24) is 9.80 Å². The molecule has 2 amide bonds. The molecule has 148 valence electrons. The van der Waals surface area contributed by atoms with Crippen LogP contribution in [0.15, 0.2) is 54.6 Å². The smallest absolute Gasteiger partial charge is 0.417 e. The number of hydrogen-bond donors (Lipinski definition) is 0. The number of amides is 2. The Morgan fingerprint density at radius 1 is 0.857 bits per heavy atom. The summed E-state index contributed by atoms with van der Waals surface area (Å²) in [6.45, 7) is 0.701. The Bertz CT molecular complexity index is 832. The first-order valence-electron chi connectivity index (χ1n) is 8.77.